The minimum absolute atomic E-state index is 0.00866. The van der Waals surface area contributed by atoms with Crippen LogP contribution in [-0.4, -0.2) is 19.2 Å². The van der Waals surface area contributed by atoms with Crippen LogP contribution in [0.3, 0.4) is 0 Å². The smallest absolute Gasteiger partial charge is 0.200 e. The third-order valence-electron chi connectivity index (χ3n) is 3.62. The van der Waals surface area contributed by atoms with Crippen molar-refractivity contribution in [3.05, 3.63) is 29.8 Å². The van der Waals surface area contributed by atoms with Crippen LogP contribution in [0.4, 0.5) is 8.78 Å². The lowest BCUT2D eigenvalue weighted by Crippen LogP contribution is -2.45. The lowest BCUT2D eigenvalue weighted by atomic mass is 9.85. The Hall–Kier alpha value is -1.16. The Morgan fingerprint density at radius 3 is 2.78 bits per heavy atom. The van der Waals surface area contributed by atoms with Crippen LogP contribution < -0.4 is 10.1 Å². The van der Waals surface area contributed by atoms with E-state index in [1.54, 1.807) is 0 Å². The van der Waals surface area contributed by atoms with Gasteiger partial charge >= 0.3 is 0 Å². The lowest BCUT2D eigenvalue weighted by Gasteiger charge is -2.34. The Morgan fingerprint density at radius 2 is 2.06 bits per heavy atom. The van der Waals surface area contributed by atoms with Crippen LogP contribution in [0.5, 0.6) is 5.75 Å². The first-order valence-electron chi connectivity index (χ1n) is 6.39. The highest BCUT2D eigenvalue weighted by atomic mass is 19.2. The monoisotopic (exact) mass is 255 g/mol. The molecule has 0 amide bonds. The zero-order valence-corrected chi connectivity index (χ0v) is 10.7. The van der Waals surface area contributed by atoms with Gasteiger partial charge in [-0.05, 0) is 44.4 Å². The minimum atomic E-state index is -0.898. The molecule has 0 spiro atoms. The van der Waals surface area contributed by atoms with Gasteiger partial charge in [0.1, 0.15) is 6.10 Å². The van der Waals surface area contributed by atoms with E-state index < -0.39 is 11.6 Å². The van der Waals surface area contributed by atoms with Crippen molar-refractivity contribution < 1.29 is 13.5 Å². The fourth-order valence-corrected chi connectivity index (χ4v) is 2.53. The first-order chi connectivity index (χ1) is 8.61. The van der Waals surface area contributed by atoms with Crippen molar-refractivity contribution in [1.82, 2.24) is 5.32 Å². The highest BCUT2D eigenvalue weighted by Gasteiger charge is 2.30. The molecule has 2 rings (SSSR count). The van der Waals surface area contributed by atoms with E-state index in [1.807, 2.05) is 7.05 Å². The highest BCUT2D eigenvalue weighted by Crippen LogP contribution is 2.29. The van der Waals surface area contributed by atoms with E-state index in [0.717, 1.165) is 25.3 Å². The molecule has 0 bridgehead atoms. The van der Waals surface area contributed by atoms with Gasteiger partial charge in [0.05, 0.1) is 0 Å². The summed E-state index contributed by atoms with van der Waals surface area (Å²) >= 11 is 0. The second kappa shape index (κ2) is 5.65. The van der Waals surface area contributed by atoms with Gasteiger partial charge in [-0.1, -0.05) is 13.0 Å². The van der Waals surface area contributed by atoms with Gasteiger partial charge in [0.25, 0.3) is 0 Å². The highest BCUT2D eigenvalue weighted by molar-refractivity contribution is 5.25. The van der Waals surface area contributed by atoms with Crippen molar-refractivity contribution in [1.29, 1.82) is 0 Å². The van der Waals surface area contributed by atoms with Crippen molar-refractivity contribution in [2.24, 2.45) is 5.92 Å². The molecule has 4 heteroatoms. The standard InChI is InChI=1S/C14H19F2NO/c1-9-6-7-11(17-2)13(8-9)18-12-5-3-4-10(15)14(12)16/h3-5,9,11,13,17H,6-8H2,1-2H3. The molecule has 1 fully saturated rings. The van der Waals surface area contributed by atoms with Crippen LogP contribution >= 0.6 is 0 Å². The molecule has 0 aromatic heterocycles. The van der Waals surface area contributed by atoms with Gasteiger partial charge in [0.15, 0.2) is 11.6 Å². The molecule has 1 aliphatic rings. The molecular formula is C14H19F2NO. The number of rotatable bonds is 3. The average Bonchev–Trinajstić information content (AvgIpc) is 2.35. The number of benzene rings is 1. The Labute approximate surface area is 106 Å². The van der Waals surface area contributed by atoms with Crippen LogP contribution in [0.1, 0.15) is 26.2 Å². The molecule has 1 aromatic rings. The topological polar surface area (TPSA) is 21.3 Å². The molecule has 2 nitrogen and oxygen atoms in total. The molecule has 1 aromatic carbocycles. The molecule has 100 valence electrons. The first-order valence-corrected chi connectivity index (χ1v) is 6.39. The normalized spacial score (nSPS) is 28.1. The van der Waals surface area contributed by atoms with Crippen molar-refractivity contribution in [3.63, 3.8) is 0 Å². The molecule has 0 saturated heterocycles. The molecule has 0 radical (unpaired) electrons. The van der Waals surface area contributed by atoms with Gasteiger partial charge in [-0.2, -0.15) is 4.39 Å². The maximum atomic E-state index is 13.6. The SMILES string of the molecule is CNC1CCC(C)CC1Oc1cccc(F)c1F. The summed E-state index contributed by atoms with van der Waals surface area (Å²) in [6, 6.07) is 4.24. The average molecular weight is 255 g/mol. The summed E-state index contributed by atoms with van der Waals surface area (Å²) in [6.07, 6.45) is 2.90. The zero-order chi connectivity index (χ0) is 13.1. The molecule has 0 aliphatic heterocycles. The molecule has 1 saturated carbocycles. The van der Waals surface area contributed by atoms with E-state index in [1.165, 1.54) is 12.1 Å². The Bertz CT molecular complexity index is 411. The summed E-state index contributed by atoms with van der Waals surface area (Å²) in [6.45, 7) is 2.16. The molecule has 3 atom stereocenters. The van der Waals surface area contributed by atoms with Crippen molar-refractivity contribution >= 4 is 0 Å². The number of halogens is 2. The van der Waals surface area contributed by atoms with Crippen LogP contribution in [0.25, 0.3) is 0 Å². The Kier molecular flexibility index (Phi) is 4.17. The third kappa shape index (κ3) is 2.80. The predicted molar refractivity (Wildman–Crippen MR) is 66.6 cm³/mol. The molecule has 18 heavy (non-hydrogen) atoms. The lowest BCUT2D eigenvalue weighted by molar-refractivity contribution is 0.0896. The van der Waals surface area contributed by atoms with Gasteiger partial charge in [-0.3, -0.25) is 0 Å². The van der Waals surface area contributed by atoms with Crippen molar-refractivity contribution in [2.75, 3.05) is 7.05 Å². The van der Waals surface area contributed by atoms with Crippen LogP contribution in [0.2, 0.25) is 0 Å². The summed E-state index contributed by atoms with van der Waals surface area (Å²) in [5.41, 5.74) is 0. The fraction of sp³-hybridized carbons (Fsp3) is 0.571. The summed E-state index contributed by atoms with van der Waals surface area (Å²) in [7, 11) is 1.87. The Balaban J connectivity index is 2.13. The summed E-state index contributed by atoms with van der Waals surface area (Å²) in [5, 5.41) is 3.19. The summed E-state index contributed by atoms with van der Waals surface area (Å²) in [5.74, 6) is -1.20. The molecule has 0 heterocycles. The maximum absolute atomic E-state index is 13.6. The second-order valence-electron chi connectivity index (χ2n) is 5.02. The van der Waals surface area contributed by atoms with E-state index in [0.29, 0.717) is 5.92 Å². The van der Waals surface area contributed by atoms with Gasteiger partial charge in [0.2, 0.25) is 5.82 Å². The number of likely N-dealkylation sites (N-methyl/N-ethyl adjacent to an activating group) is 1. The number of hydrogen-bond donors (Lipinski definition) is 1. The largest absolute Gasteiger partial charge is 0.486 e. The summed E-state index contributed by atoms with van der Waals surface area (Å²) < 4.78 is 32.3. The van der Waals surface area contributed by atoms with E-state index in [2.05, 4.69) is 12.2 Å². The number of hydrogen-bond acceptors (Lipinski definition) is 2. The van der Waals surface area contributed by atoms with Crippen LogP contribution in [-0.2, 0) is 0 Å². The van der Waals surface area contributed by atoms with Crippen LogP contribution in [0, 0.1) is 17.6 Å². The molecule has 1 N–H and O–H groups in total. The van der Waals surface area contributed by atoms with Crippen molar-refractivity contribution in [2.45, 2.75) is 38.3 Å². The first kappa shape index (κ1) is 13.3. The van der Waals surface area contributed by atoms with Gasteiger partial charge in [-0.25, -0.2) is 4.39 Å². The fourth-order valence-electron chi connectivity index (χ4n) is 2.53. The zero-order valence-electron chi connectivity index (χ0n) is 10.7. The van der Waals surface area contributed by atoms with Gasteiger partial charge < -0.3 is 10.1 Å². The maximum Gasteiger partial charge on any atom is 0.200 e. The van der Waals surface area contributed by atoms with Gasteiger partial charge in [-0.15, -0.1) is 0 Å². The number of nitrogens with one attached hydrogen (secondary N) is 1. The molecular weight excluding hydrogens is 236 g/mol. The number of ether oxygens (including phenoxy) is 1. The molecule has 1 aliphatic carbocycles. The van der Waals surface area contributed by atoms with Crippen molar-refractivity contribution in [3.8, 4) is 5.75 Å². The van der Waals surface area contributed by atoms with E-state index in [9.17, 15) is 8.78 Å². The van der Waals surface area contributed by atoms with Gasteiger partial charge in [0, 0.05) is 6.04 Å². The van der Waals surface area contributed by atoms with E-state index in [4.69, 9.17) is 4.74 Å². The van der Waals surface area contributed by atoms with E-state index >= 15 is 0 Å². The van der Waals surface area contributed by atoms with Crippen LogP contribution in [0.15, 0.2) is 18.2 Å². The molecule has 3 unspecified atom stereocenters. The predicted octanol–water partition coefficient (Wildman–Crippen LogP) is 3.12. The van der Waals surface area contributed by atoms with E-state index in [-0.39, 0.29) is 17.9 Å². The Morgan fingerprint density at radius 1 is 1.28 bits per heavy atom. The third-order valence-corrected chi connectivity index (χ3v) is 3.62. The quantitative estimate of drug-likeness (QED) is 0.896. The second-order valence-corrected chi connectivity index (χ2v) is 5.02. The minimum Gasteiger partial charge on any atom is -0.486 e. The summed E-state index contributed by atoms with van der Waals surface area (Å²) in [4.78, 5) is 0.